The van der Waals surface area contributed by atoms with Crippen LogP contribution in [-0.4, -0.2) is 97.6 Å². The van der Waals surface area contributed by atoms with Crippen LogP contribution in [0.2, 0.25) is 5.02 Å². The van der Waals surface area contributed by atoms with E-state index in [0.717, 1.165) is 40.9 Å². The second kappa shape index (κ2) is 9.95. The summed E-state index contributed by atoms with van der Waals surface area (Å²) in [6, 6.07) is 9.19. The molecule has 2 aliphatic rings. The molecule has 2 aliphatic heterocycles. The molecule has 2 aromatic carbocycles. The van der Waals surface area contributed by atoms with Crippen molar-refractivity contribution in [1.82, 2.24) is 24.0 Å². The lowest BCUT2D eigenvalue weighted by Gasteiger charge is -2.40. The molecule has 1 unspecified atom stereocenters. The fourth-order valence-corrected chi connectivity index (χ4v) is 7.57. The Kier molecular flexibility index (Phi) is 7.01. The van der Waals surface area contributed by atoms with E-state index in [1.165, 1.54) is 25.4 Å². The van der Waals surface area contributed by atoms with Crippen LogP contribution in [0.15, 0.2) is 41.3 Å². The average molecular weight is 562 g/mol. The number of halogens is 1. The molecule has 3 heterocycles. The van der Waals surface area contributed by atoms with Crippen LogP contribution >= 0.6 is 22.9 Å². The zero-order valence-corrected chi connectivity index (χ0v) is 23.2. The molecule has 2 amide bonds. The number of amides is 2. The topological polar surface area (TPSA) is 94.1 Å². The molecular formula is C25H28ClN5O4S2. The first-order chi connectivity index (χ1) is 17.5. The fraction of sp³-hybridized carbons (Fsp3) is 0.400. The van der Waals surface area contributed by atoms with Crippen molar-refractivity contribution >= 4 is 55.5 Å². The van der Waals surface area contributed by atoms with Gasteiger partial charge >= 0.3 is 0 Å². The second-order valence-corrected chi connectivity index (χ2v) is 13.1. The lowest BCUT2D eigenvalue weighted by molar-refractivity contribution is -0.134. The first-order valence-corrected chi connectivity index (χ1v) is 14.6. The number of likely N-dealkylation sites (N-methyl/N-ethyl adjacent to an activating group) is 2. The minimum Gasteiger partial charge on any atom is -0.347 e. The quantitative estimate of drug-likeness (QED) is 0.486. The number of piperazine rings is 1. The van der Waals surface area contributed by atoms with E-state index in [1.807, 2.05) is 7.05 Å². The van der Waals surface area contributed by atoms with E-state index in [-0.39, 0.29) is 36.3 Å². The number of sulfonamides is 1. The number of hydrogen-bond donors (Lipinski definition) is 0. The highest BCUT2D eigenvalue weighted by Crippen LogP contribution is 2.29. The molecule has 12 heteroatoms. The van der Waals surface area contributed by atoms with Gasteiger partial charge in [-0.2, -0.15) is 4.31 Å². The highest BCUT2D eigenvalue weighted by atomic mass is 35.5. The number of carbonyl (C=O) groups is 2. The number of thiazole rings is 1. The third-order valence-electron chi connectivity index (χ3n) is 6.85. The molecule has 0 saturated carbocycles. The zero-order chi connectivity index (χ0) is 26.5. The third kappa shape index (κ3) is 4.98. The SMILES string of the molecule is CN1CCc2nc(C(=O)N3CCN(S(=O)(=O)c4ccc5cc(Cl)ccc5c4)CC3C(=O)N(C)C)sc2C1. The lowest BCUT2D eigenvalue weighted by atomic mass is 10.1. The molecule has 196 valence electrons. The van der Waals surface area contributed by atoms with Crippen LogP contribution in [0, 0.1) is 0 Å². The van der Waals surface area contributed by atoms with Gasteiger partial charge in [0.05, 0.1) is 10.6 Å². The van der Waals surface area contributed by atoms with Crippen LogP contribution in [0.25, 0.3) is 10.8 Å². The van der Waals surface area contributed by atoms with Crippen molar-refractivity contribution in [3.8, 4) is 0 Å². The summed E-state index contributed by atoms with van der Waals surface area (Å²) in [6.45, 7) is 1.67. The monoisotopic (exact) mass is 561 g/mol. The van der Waals surface area contributed by atoms with Crippen molar-refractivity contribution in [3.63, 3.8) is 0 Å². The number of rotatable bonds is 4. The fourth-order valence-electron chi connectivity index (χ4n) is 4.77. The summed E-state index contributed by atoms with van der Waals surface area (Å²) >= 11 is 7.42. The highest BCUT2D eigenvalue weighted by Gasteiger charge is 2.41. The van der Waals surface area contributed by atoms with Crippen molar-refractivity contribution in [2.75, 3.05) is 47.3 Å². The van der Waals surface area contributed by atoms with Gasteiger partial charge in [0.1, 0.15) is 6.04 Å². The van der Waals surface area contributed by atoms with Crippen LogP contribution in [0.1, 0.15) is 20.4 Å². The molecule has 0 spiro atoms. The number of aromatic nitrogens is 1. The first kappa shape index (κ1) is 26.1. The van der Waals surface area contributed by atoms with Gasteiger partial charge in [-0.05, 0) is 42.1 Å². The Balaban J connectivity index is 1.42. The largest absolute Gasteiger partial charge is 0.347 e. The van der Waals surface area contributed by atoms with Crippen LogP contribution in [0.3, 0.4) is 0 Å². The van der Waals surface area contributed by atoms with Gasteiger partial charge in [-0.15, -0.1) is 11.3 Å². The van der Waals surface area contributed by atoms with Gasteiger partial charge < -0.3 is 14.7 Å². The molecular weight excluding hydrogens is 534 g/mol. The summed E-state index contributed by atoms with van der Waals surface area (Å²) in [5, 5.41) is 2.50. The molecule has 0 N–H and O–H groups in total. The predicted octanol–water partition coefficient (Wildman–Crippen LogP) is 2.54. The number of benzene rings is 2. The van der Waals surface area contributed by atoms with Gasteiger partial charge in [-0.1, -0.05) is 23.7 Å². The van der Waals surface area contributed by atoms with Gasteiger partial charge in [0.2, 0.25) is 15.9 Å². The lowest BCUT2D eigenvalue weighted by Crippen LogP contribution is -2.61. The number of hydrogen-bond acceptors (Lipinski definition) is 7. The van der Waals surface area contributed by atoms with E-state index in [0.29, 0.717) is 10.0 Å². The minimum absolute atomic E-state index is 0.0811. The molecule has 5 rings (SSSR count). The van der Waals surface area contributed by atoms with E-state index >= 15 is 0 Å². The van der Waals surface area contributed by atoms with Crippen molar-refractivity contribution < 1.29 is 18.0 Å². The Morgan fingerprint density at radius 1 is 1.08 bits per heavy atom. The molecule has 1 atom stereocenters. The Morgan fingerprint density at radius 3 is 2.57 bits per heavy atom. The maximum absolute atomic E-state index is 13.6. The van der Waals surface area contributed by atoms with Gasteiger partial charge in [0.25, 0.3) is 5.91 Å². The average Bonchev–Trinajstić information content (AvgIpc) is 3.30. The van der Waals surface area contributed by atoms with Gasteiger partial charge in [0.15, 0.2) is 5.01 Å². The predicted molar refractivity (Wildman–Crippen MR) is 143 cm³/mol. The minimum atomic E-state index is -3.90. The number of fused-ring (bicyclic) bond motifs is 2. The Hall–Kier alpha value is -2.57. The van der Waals surface area contributed by atoms with Crippen molar-refractivity contribution in [3.05, 3.63) is 57.0 Å². The van der Waals surface area contributed by atoms with E-state index in [1.54, 1.807) is 50.5 Å². The smallest absolute Gasteiger partial charge is 0.283 e. The summed E-state index contributed by atoms with van der Waals surface area (Å²) in [5.74, 6) is -0.663. The zero-order valence-electron chi connectivity index (χ0n) is 20.8. The molecule has 1 saturated heterocycles. The van der Waals surface area contributed by atoms with Gasteiger partial charge in [-0.3, -0.25) is 9.59 Å². The molecule has 9 nitrogen and oxygen atoms in total. The number of carbonyl (C=O) groups excluding carboxylic acids is 2. The van der Waals surface area contributed by atoms with E-state index < -0.39 is 16.1 Å². The Bertz CT molecular complexity index is 1490. The Morgan fingerprint density at radius 2 is 1.81 bits per heavy atom. The molecule has 0 aliphatic carbocycles. The maximum atomic E-state index is 13.6. The summed E-state index contributed by atoms with van der Waals surface area (Å²) in [7, 11) is 1.33. The van der Waals surface area contributed by atoms with Gasteiger partial charge in [0, 0.05) is 63.1 Å². The summed E-state index contributed by atoms with van der Waals surface area (Å²) in [5.41, 5.74) is 0.931. The van der Waals surface area contributed by atoms with E-state index in [2.05, 4.69) is 9.88 Å². The summed E-state index contributed by atoms with van der Waals surface area (Å²) < 4.78 is 28.5. The number of nitrogens with zero attached hydrogens (tertiary/aromatic N) is 5. The Labute approximate surface area is 225 Å². The molecule has 3 aromatic rings. The summed E-state index contributed by atoms with van der Waals surface area (Å²) in [6.07, 6.45) is 0.777. The van der Waals surface area contributed by atoms with E-state index in [9.17, 15) is 18.0 Å². The van der Waals surface area contributed by atoms with Crippen molar-refractivity contribution in [2.24, 2.45) is 0 Å². The second-order valence-electron chi connectivity index (χ2n) is 9.64. The molecule has 1 fully saturated rings. The molecule has 1 aromatic heterocycles. The van der Waals surface area contributed by atoms with Crippen molar-refractivity contribution in [2.45, 2.75) is 23.9 Å². The van der Waals surface area contributed by atoms with E-state index in [4.69, 9.17) is 11.6 Å². The van der Waals surface area contributed by atoms with Crippen LogP contribution in [0.4, 0.5) is 0 Å². The van der Waals surface area contributed by atoms with Crippen LogP contribution in [-0.2, 0) is 27.8 Å². The molecule has 0 radical (unpaired) electrons. The first-order valence-electron chi connectivity index (χ1n) is 11.9. The summed E-state index contributed by atoms with van der Waals surface area (Å²) in [4.78, 5) is 37.5. The van der Waals surface area contributed by atoms with Crippen LogP contribution in [0.5, 0.6) is 0 Å². The normalized spacial score (nSPS) is 19.1. The van der Waals surface area contributed by atoms with Crippen LogP contribution < -0.4 is 0 Å². The molecule has 0 bridgehead atoms. The maximum Gasteiger partial charge on any atom is 0.283 e. The molecule has 37 heavy (non-hydrogen) atoms. The highest BCUT2D eigenvalue weighted by molar-refractivity contribution is 7.89. The van der Waals surface area contributed by atoms with Crippen molar-refractivity contribution in [1.29, 1.82) is 0 Å². The standard InChI is InChI=1S/C25H28ClN5O4S2/c1-28(2)24(32)21-14-30(37(34,35)19-7-5-16-12-18(26)6-4-17(16)13-19)10-11-31(21)25(33)23-27-20-8-9-29(3)15-22(20)36-23/h4-7,12-13,21H,8-11,14-15H2,1-3H3. The van der Waals surface area contributed by atoms with Gasteiger partial charge in [-0.25, -0.2) is 13.4 Å². The third-order valence-corrected chi connectivity index (χ3v) is 10.0.